The molecule has 1 aromatic rings. The van der Waals surface area contributed by atoms with Crippen molar-refractivity contribution in [3.05, 3.63) is 35.6 Å². The van der Waals surface area contributed by atoms with E-state index in [9.17, 15) is 9.18 Å². The van der Waals surface area contributed by atoms with Crippen molar-refractivity contribution >= 4 is 17.8 Å². The second kappa shape index (κ2) is 5.64. The van der Waals surface area contributed by atoms with Gasteiger partial charge in [-0.3, -0.25) is 0 Å². The summed E-state index contributed by atoms with van der Waals surface area (Å²) in [5.74, 6) is 1.85. The molecule has 1 saturated heterocycles. The summed E-state index contributed by atoms with van der Waals surface area (Å²) >= 11 is 1.88. The highest BCUT2D eigenvalue weighted by molar-refractivity contribution is 7.99. The minimum absolute atomic E-state index is 0.00656. The van der Waals surface area contributed by atoms with Crippen LogP contribution in [0.15, 0.2) is 24.3 Å². The van der Waals surface area contributed by atoms with Gasteiger partial charge in [0.1, 0.15) is 5.82 Å². The molecule has 1 aliphatic carbocycles. The van der Waals surface area contributed by atoms with E-state index in [0.29, 0.717) is 6.54 Å². The number of carbonyl (C=O) groups is 1. The van der Waals surface area contributed by atoms with Crippen LogP contribution >= 0.6 is 11.8 Å². The van der Waals surface area contributed by atoms with Crippen LogP contribution in [0, 0.1) is 5.82 Å². The maximum atomic E-state index is 13.9. The molecule has 5 heteroatoms. The van der Waals surface area contributed by atoms with E-state index < -0.39 is 0 Å². The Bertz CT molecular complexity index is 498. The molecule has 108 valence electrons. The number of hydrogen-bond acceptors (Lipinski definition) is 2. The summed E-state index contributed by atoms with van der Waals surface area (Å²) in [5, 5.41) is 2.99. The van der Waals surface area contributed by atoms with Gasteiger partial charge in [-0.2, -0.15) is 11.8 Å². The third-order valence-corrected chi connectivity index (χ3v) is 5.12. The largest absolute Gasteiger partial charge is 0.337 e. The maximum absolute atomic E-state index is 13.9. The zero-order valence-corrected chi connectivity index (χ0v) is 12.2. The van der Waals surface area contributed by atoms with E-state index in [0.717, 1.165) is 43.0 Å². The van der Waals surface area contributed by atoms with Gasteiger partial charge in [0.2, 0.25) is 0 Å². The molecule has 0 bridgehead atoms. The van der Waals surface area contributed by atoms with E-state index in [2.05, 4.69) is 5.32 Å². The molecule has 0 atom stereocenters. The summed E-state index contributed by atoms with van der Waals surface area (Å²) in [6, 6.07) is 6.90. The summed E-state index contributed by atoms with van der Waals surface area (Å²) < 4.78 is 13.9. The van der Waals surface area contributed by atoms with Gasteiger partial charge < -0.3 is 10.2 Å². The maximum Gasteiger partial charge on any atom is 0.317 e. The molecule has 2 fully saturated rings. The zero-order chi connectivity index (χ0) is 14.0. The molecule has 1 aromatic carbocycles. The fourth-order valence-corrected chi connectivity index (χ4v) is 3.61. The highest BCUT2D eigenvalue weighted by Crippen LogP contribution is 2.48. The Balaban J connectivity index is 1.60. The average Bonchev–Trinajstić information content (AvgIpc) is 3.27. The van der Waals surface area contributed by atoms with Crippen LogP contribution in [0.25, 0.3) is 0 Å². The first-order valence-corrected chi connectivity index (χ1v) is 8.22. The van der Waals surface area contributed by atoms with Gasteiger partial charge in [-0.05, 0) is 24.5 Å². The van der Waals surface area contributed by atoms with Crippen LogP contribution < -0.4 is 5.32 Å². The van der Waals surface area contributed by atoms with E-state index in [1.807, 2.05) is 28.8 Å². The van der Waals surface area contributed by atoms with Crippen LogP contribution in [0.5, 0.6) is 0 Å². The minimum atomic E-state index is -0.175. The molecule has 1 aliphatic heterocycles. The van der Waals surface area contributed by atoms with Crippen LogP contribution in [-0.2, 0) is 5.41 Å². The highest BCUT2D eigenvalue weighted by atomic mass is 32.2. The molecule has 20 heavy (non-hydrogen) atoms. The van der Waals surface area contributed by atoms with E-state index >= 15 is 0 Å². The second-order valence-electron chi connectivity index (χ2n) is 5.52. The Morgan fingerprint density at radius 3 is 2.65 bits per heavy atom. The lowest BCUT2D eigenvalue weighted by molar-refractivity contribution is 0.202. The molecular formula is C15H19FN2OS. The Morgan fingerprint density at radius 1 is 1.30 bits per heavy atom. The van der Waals surface area contributed by atoms with Gasteiger partial charge in [0.25, 0.3) is 0 Å². The molecule has 3 rings (SSSR count). The Kier molecular flexibility index (Phi) is 3.87. The molecule has 1 saturated carbocycles. The second-order valence-corrected chi connectivity index (χ2v) is 6.74. The Hall–Kier alpha value is -1.23. The van der Waals surface area contributed by atoms with Gasteiger partial charge in [-0.15, -0.1) is 0 Å². The molecule has 2 amide bonds. The van der Waals surface area contributed by atoms with Gasteiger partial charge >= 0.3 is 6.03 Å². The van der Waals surface area contributed by atoms with Gasteiger partial charge in [0.05, 0.1) is 0 Å². The first-order valence-electron chi connectivity index (χ1n) is 7.07. The van der Waals surface area contributed by atoms with Crippen molar-refractivity contribution in [3.63, 3.8) is 0 Å². The molecule has 1 heterocycles. The quantitative estimate of drug-likeness (QED) is 0.929. The average molecular weight is 294 g/mol. The van der Waals surface area contributed by atoms with Crippen molar-refractivity contribution in [2.75, 3.05) is 31.1 Å². The number of halogens is 1. The van der Waals surface area contributed by atoms with Crippen LogP contribution in [0.3, 0.4) is 0 Å². The number of hydrogen-bond donors (Lipinski definition) is 1. The van der Waals surface area contributed by atoms with Crippen molar-refractivity contribution in [1.82, 2.24) is 10.2 Å². The lowest BCUT2D eigenvalue weighted by atomic mass is 9.95. The lowest BCUT2D eigenvalue weighted by Crippen LogP contribution is -2.46. The summed E-state index contributed by atoms with van der Waals surface area (Å²) in [6.45, 7) is 2.16. The van der Waals surface area contributed by atoms with Crippen molar-refractivity contribution in [1.29, 1.82) is 0 Å². The first-order chi connectivity index (χ1) is 9.71. The summed E-state index contributed by atoms with van der Waals surface area (Å²) in [5.41, 5.74) is 0.570. The third-order valence-electron chi connectivity index (χ3n) is 4.18. The summed E-state index contributed by atoms with van der Waals surface area (Å²) in [6.07, 6.45) is 1.90. The van der Waals surface area contributed by atoms with E-state index in [-0.39, 0.29) is 17.3 Å². The van der Waals surface area contributed by atoms with Gasteiger partial charge in [-0.1, -0.05) is 18.2 Å². The van der Waals surface area contributed by atoms with Gasteiger partial charge in [0, 0.05) is 36.6 Å². The molecule has 0 spiro atoms. The SMILES string of the molecule is O=C(NCC1(c2ccccc2F)CC1)N1CCSCC1. The lowest BCUT2D eigenvalue weighted by Gasteiger charge is -2.27. The number of carbonyl (C=O) groups excluding carboxylic acids is 1. The third kappa shape index (κ3) is 2.77. The van der Waals surface area contributed by atoms with E-state index in [1.165, 1.54) is 6.07 Å². The number of amides is 2. The Labute approximate surface area is 122 Å². The fraction of sp³-hybridized carbons (Fsp3) is 0.533. The first kappa shape index (κ1) is 13.7. The monoisotopic (exact) mass is 294 g/mol. The summed E-state index contributed by atoms with van der Waals surface area (Å²) in [4.78, 5) is 14.0. The van der Waals surface area contributed by atoms with Crippen molar-refractivity contribution in [3.8, 4) is 0 Å². The zero-order valence-electron chi connectivity index (χ0n) is 11.4. The van der Waals surface area contributed by atoms with E-state index in [4.69, 9.17) is 0 Å². The number of rotatable bonds is 3. The minimum Gasteiger partial charge on any atom is -0.337 e. The number of nitrogens with zero attached hydrogens (tertiary/aromatic N) is 1. The van der Waals surface area contributed by atoms with Crippen LogP contribution in [0.1, 0.15) is 18.4 Å². The highest BCUT2D eigenvalue weighted by Gasteiger charge is 2.46. The molecule has 2 aliphatic rings. The van der Waals surface area contributed by atoms with Gasteiger partial charge in [-0.25, -0.2) is 9.18 Å². The fourth-order valence-electron chi connectivity index (χ4n) is 2.71. The van der Waals surface area contributed by atoms with Crippen molar-refractivity contribution in [2.45, 2.75) is 18.3 Å². The molecule has 1 N–H and O–H groups in total. The summed E-state index contributed by atoms with van der Waals surface area (Å²) in [7, 11) is 0. The molecule has 3 nitrogen and oxygen atoms in total. The van der Waals surface area contributed by atoms with Crippen molar-refractivity contribution in [2.24, 2.45) is 0 Å². The van der Waals surface area contributed by atoms with Crippen molar-refractivity contribution < 1.29 is 9.18 Å². The van der Waals surface area contributed by atoms with Crippen LogP contribution in [0.2, 0.25) is 0 Å². The van der Waals surface area contributed by atoms with Crippen LogP contribution in [-0.4, -0.2) is 42.1 Å². The number of urea groups is 1. The molecule has 0 aromatic heterocycles. The smallest absolute Gasteiger partial charge is 0.317 e. The normalized spacial score (nSPS) is 20.6. The van der Waals surface area contributed by atoms with Gasteiger partial charge in [0.15, 0.2) is 0 Å². The standard InChI is InChI=1S/C15H19FN2OS/c16-13-4-2-1-3-12(13)15(5-6-15)11-17-14(19)18-7-9-20-10-8-18/h1-4H,5-11H2,(H,17,19). The predicted molar refractivity (Wildman–Crippen MR) is 79.6 cm³/mol. The van der Waals surface area contributed by atoms with Crippen LogP contribution in [0.4, 0.5) is 9.18 Å². The number of nitrogens with one attached hydrogen (secondary N) is 1. The molecule has 0 unspecified atom stereocenters. The topological polar surface area (TPSA) is 32.3 Å². The Morgan fingerprint density at radius 2 is 2.00 bits per heavy atom. The number of thioether (sulfide) groups is 1. The number of benzene rings is 1. The molecule has 0 radical (unpaired) electrons. The molecular weight excluding hydrogens is 275 g/mol. The van der Waals surface area contributed by atoms with E-state index in [1.54, 1.807) is 6.07 Å². The predicted octanol–water partition coefficient (Wildman–Crippen LogP) is 2.62.